The van der Waals surface area contributed by atoms with Crippen LogP contribution in [0.25, 0.3) is 0 Å². The zero-order valence-electron chi connectivity index (χ0n) is 8.04. The number of pyridine rings is 1. The summed E-state index contributed by atoms with van der Waals surface area (Å²) >= 11 is 6.16. The molecule has 0 aliphatic carbocycles. The summed E-state index contributed by atoms with van der Waals surface area (Å²) in [5.41, 5.74) is 2.88. The van der Waals surface area contributed by atoms with Crippen LogP contribution in [0, 0.1) is 0 Å². The first kappa shape index (κ1) is 11.0. The first-order valence-electron chi connectivity index (χ1n) is 4.39. The topological polar surface area (TPSA) is 62.3 Å². The van der Waals surface area contributed by atoms with Crippen molar-refractivity contribution in [1.82, 2.24) is 15.4 Å². The zero-order chi connectivity index (χ0) is 11.5. The first-order chi connectivity index (χ1) is 7.68. The van der Waals surface area contributed by atoms with Gasteiger partial charge in [-0.15, -0.1) is 0 Å². The normalized spacial score (nSPS) is 15.4. The molecule has 0 aromatic carbocycles. The predicted octanol–water partition coefficient (Wildman–Crippen LogP) is 0.587. The quantitative estimate of drug-likeness (QED) is 0.781. The van der Waals surface area contributed by atoms with Gasteiger partial charge >= 0.3 is 0 Å². The highest BCUT2D eigenvalue weighted by Gasteiger charge is 2.28. The van der Waals surface area contributed by atoms with Crippen molar-refractivity contribution in [3.63, 3.8) is 0 Å². The van der Waals surface area contributed by atoms with Crippen LogP contribution in [0.15, 0.2) is 24.5 Å². The van der Waals surface area contributed by atoms with Crippen LogP contribution in [0.2, 0.25) is 0 Å². The van der Waals surface area contributed by atoms with E-state index >= 15 is 0 Å². The Balaban J connectivity index is 2.08. The molecule has 2 amide bonds. The third kappa shape index (κ3) is 2.20. The minimum Gasteiger partial charge on any atom is -0.272 e. The van der Waals surface area contributed by atoms with E-state index in [1.807, 2.05) is 0 Å². The first-order valence-corrected chi connectivity index (χ1v) is 5.78. The molecule has 0 unspecified atom stereocenters. The van der Waals surface area contributed by atoms with Crippen LogP contribution in [0.1, 0.15) is 10.4 Å². The van der Waals surface area contributed by atoms with Gasteiger partial charge in [-0.05, 0) is 12.1 Å². The minimum absolute atomic E-state index is 0.211. The summed E-state index contributed by atoms with van der Waals surface area (Å²) in [5.74, 6) is -0.312. The second-order valence-corrected chi connectivity index (χ2v) is 4.57. The van der Waals surface area contributed by atoms with Crippen LogP contribution in [-0.2, 0) is 4.79 Å². The third-order valence-electron chi connectivity index (χ3n) is 1.91. The molecule has 16 heavy (non-hydrogen) atoms. The zero-order valence-corrected chi connectivity index (χ0v) is 9.68. The molecule has 1 saturated heterocycles. The lowest BCUT2D eigenvalue weighted by molar-refractivity contribution is -0.125. The van der Waals surface area contributed by atoms with E-state index in [2.05, 4.69) is 10.4 Å². The molecule has 1 fully saturated rings. The van der Waals surface area contributed by atoms with Gasteiger partial charge < -0.3 is 0 Å². The maximum atomic E-state index is 11.7. The Morgan fingerprint density at radius 3 is 2.75 bits per heavy atom. The Bertz CT molecular complexity index is 433. The molecule has 0 atom stereocenters. The van der Waals surface area contributed by atoms with E-state index in [9.17, 15) is 9.59 Å². The third-order valence-corrected chi connectivity index (χ3v) is 3.26. The lowest BCUT2D eigenvalue weighted by atomic mass is 10.2. The van der Waals surface area contributed by atoms with Crippen LogP contribution in [0.4, 0.5) is 0 Å². The van der Waals surface area contributed by atoms with Gasteiger partial charge in [-0.2, -0.15) is 0 Å². The number of nitrogens with one attached hydrogen (secondary N) is 1. The van der Waals surface area contributed by atoms with Crippen LogP contribution < -0.4 is 5.43 Å². The van der Waals surface area contributed by atoms with E-state index in [1.54, 1.807) is 12.1 Å². The van der Waals surface area contributed by atoms with Crippen molar-refractivity contribution < 1.29 is 9.59 Å². The van der Waals surface area contributed by atoms with E-state index in [4.69, 9.17) is 12.2 Å². The highest BCUT2D eigenvalue weighted by atomic mass is 32.2. The SMILES string of the molecule is O=C(NN1C(=O)CSC1=S)c1ccncc1. The van der Waals surface area contributed by atoms with Gasteiger partial charge in [0.1, 0.15) is 0 Å². The molecule has 0 radical (unpaired) electrons. The molecule has 1 N–H and O–H groups in total. The van der Waals surface area contributed by atoms with Crippen LogP contribution in [0.3, 0.4) is 0 Å². The molecule has 0 spiro atoms. The van der Waals surface area contributed by atoms with Gasteiger partial charge in [0, 0.05) is 18.0 Å². The number of hydrogen-bond donors (Lipinski definition) is 1. The van der Waals surface area contributed by atoms with Crippen LogP contribution in [-0.4, -0.2) is 31.9 Å². The molecule has 1 aromatic rings. The average molecular weight is 253 g/mol. The van der Waals surface area contributed by atoms with Crippen molar-refractivity contribution in [2.45, 2.75) is 0 Å². The van der Waals surface area contributed by atoms with Gasteiger partial charge in [-0.1, -0.05) is 24.0 Å². The van der Waals surface area contributed by atoms with E-state index < -0.39 is 0 Å². The molecule has 5 nitrogen and oxygen atoms in total. The highest BCUT2D eigenvalue weighted by Crippen LogP contribution is 2.17. The van der Waals surface area contributed by atoms with Gasteiger partial charge in [0.15, 0.2) is 4.32 Å². The Kier molecular flexibility index (Phi) is 3.16. The van der Waals surface area contributed by atoms with Crippen LogP contribution >= 0.6 is 24.0 Å². The maximum absolute atomic E-state index is 11.7. The predicted molar refractivity (Wildman–Crippen MR) is 63.6 cm³/mol. The summed E-state index contributed by atoms with van der Waals surface area (Å²) in [6, 6.07) is 3.12. The van der Waals surface area contributed by atoms with Gasteiger partial charge in [0.25, 0.3) is 11.8 Å². The van der Waals surface area contributed by atoms with E-state index in [0.29, 0.717) is 9.88 Å². The van der Waals surface area contributed by atoms with Gasteiger partial charge in [-0.25, -0.2) is 5.01 Å². The largest absolute Gasteiger partial charge is 0.272 e. The molecular formula is C9H7N3O2S2. The number of thioether (sulfide) groups is 1. The molecular weight excluding hydrogens is 246 g/mol. The fourth-order valence-corrected chi connectivity index (χ4v) is 2.11. The number of hydrazine groups is 1. The number of carbonyl (C=O) groups is 2. The van der Waals surface area contributed by atoms with Gasteiger partial charge in [0.2, 0.25) is 0 Å². The molecule has 1 aliphatic heterocycles. The van der Waals surface area contributed by atoms with Gasteiger partial charge in [0.05, 0.1) is 5.75 Å². The lowest BCUT2D eigenvalue weighted by Gasteiger charge is -2.15. The van der Waals surface area contributed by atoms with Gasteiger partial charge in [-0.3, -0.25) is 20.0 Å². The van der Waals surface area contributed by atoms with Crippen molar-refractivity contribution in [1.29, 1.82) is 0 Å². The molecule has 2 rings (SSSR count). The Morgan fingerprint density at radius 2 is 2.19 bits per heavy atom. The number of thiocarbonyl (C=S) groups is 1. The van der Waals surface area contributed by atoms with Crippen molar-refractivity contribution in [3.8, 4) is 0 Å². The number of carbonyl (C=O) groups excluding carboxylic acids is 2. The summed E-state index contributed by atoms with van der Waals surface area (Å²) in [6.45, 7) is 0. The van der Waals surface area contributed by atoms with E-state index in [0.717, 1.165) is 5.01 Å². The van der Waals surface area contributed by atoms with Crippen molar-refractivity contribution in [2.24, 2.45) is 0 Å². The summed E-state index contributed by atoms with van der Waals surface area (Å²) in [7, 11) is 0. The lowest BCUT2D eigenvalue weighted by Crippen LogP contribution is -2.45. The Hall–Kier alpha value is -1.47. The monoisotopic (exact) mass is 253 g/mol. The van der Waals surface area contributed by atoms with Crippen LogP contribution in [0.5, 0.6) is 0 Å². The second kappa shape index (κ2) is 4.58. The number of amides is 2. The molecule has 0 saturated carbocycles. The number of nitrogens with zero attached hydrogens (tertiary/aromatic N) is 2. The standard InChI is InChI=1S/C9H7N3O2S2/c13-7-5-16-9(15)12(7)11-8(14)6-1-3-10-4-2-6/h1-4H,5H2,(H,11,14). The number of hydrogen-bond acceptors (Lipinski definition) is 5. The molecule has 7 heteroatoms. The molecule has 1 aliphatic rings. The molecule has 0 bridgehead atoms. The van der Waals surface area contributed by atoms with Crippen molar-refractivity contribution >= 4 is 40.1 Å². The summed E-state index contributed by atoms with van der Waals surface area (Å²) in [4.78, 5) is 26.8. The van der Waals surface area contributed by atoms with Crippen molar-refractivity contribution in [2.75, 3.05) is 5.75 Å². The van der Waals surface area contributed by atoms with E-state index in [-0.39, 0.29) is 17.6 Å². The number of rotatable bonds is 2. The number of aromatic nitrogens is 1. The second-order valence-electron chi connectivity index (χ2n) is 2.96. The summed E-state index contributed by atoms with van der Waals surface area (Å²) in [5, 5.41) is 1.10. The van der Waals surface area contributed by atoms with Crippen molar-refractivity contribution in [3.05, 3.63) is 30.1 Å². The summed E-state index contributed by atoms with van der Waals surface area (Å²) < 4.78 is 0.368. The summed E-state index contributed by atoms with van der Waals surface area (Å²) in [6.07, 6.45) is 3.02. The fraction of sp³-hybridized carbons (Fsp3) is 0.111. The molecule has 82 valence electrons. The average Bonchev–Trinajstić information content (AvgIpc) is 2.62. The van der Waals surface area contributed by atoms with E-state index in [1.165, 1.54) is 24.2 Å². The molecule has 2 heterocycles. The Morgan fingerprint density at radius 1 is 1.50 bits per heavy atom. The smallest absolute Gasteiger partial charge is 0.270 e. The highest BCUT2D eigenvalue weighted by molar-refractivity contribution is 8.23. The minimum atomic E-state index is -0.374. The Labute approximate surface area is 101 Å². The molecule has 1 aromatic heterocycles. The maximum Gasteiger partial charge on any atom is 0.270 e. The fourth-order valence-electron chi connectivity index (χ4n) is 1.13.